The van der Waals surface area contributed by atoms with Crippen LogP contribution in [0.4, 0.5) is 11.7 Å². The van der Waals surface area contributed by atoms with Gasteiger partial charge in [-0.2, -0.15) is 0 Å². The predicted octanol–water partition coefficient (Wildman–Crippen LogP) is 2.45. The fraction of sp³-hybridized carbons (Fsp3) is 0. The Morgan fingerprint density at radius 2 is 1.58 bits per heavy atom. The minimum absolute atomic E-state index is 0.470. The maximum Gasteiger partial charge on any atom is 0.254 e. The highest BCUT2D eigenvalue weighted by Crippen LogP contribution is 2.33. The molecule has 0 amide bonds. The minimum Gasteiger partial charge on any atom is -0.325 e. The largest absolute Gasteiger partial charge is 0.325 e. The molecule has 0 N–H and O–H groups in total. The van der Waals surface area contributed by atoms with Gasteiger partial charge in [0, 0.05) is 0 Å². The summed E-state index contributed by atoms with van der Waals surface area (Å²) in [5.41, 5.74) is 0. The third kappa shape index (κ3) is 3.38. The van der Waals surface area contributed by atoms with E-state index < -0.39 is 16.3 Å². The van der Waals surface area contributed by atoms with Crippen molar-refractivity contribution in [1.82, 2.24) is 0 Å². The molecule has 0 heterocycles. The summed E-state index contributed by atoms with van der Waals surface area (Å²) in [6.07, 6.45) is 0. The van der Waals surface area contributed by atoms with Crippen LogP contribution < -0.4 is 4.18 Å². The monoisotopic (exact) mass is 198 g/mol. The zero-order chi connectivity index (χ0) is 9.27. The predicted molar refractivity (Wildman–Crippen MR) is 38.5 cm³/mol. The normalized spacial score (nSPS) is 14.8. The zero-order valence-corrected chi connectivity index (χ0v) is 6.56. The summed E-state index contributed by atoms with van der Waals surface area (Å²) in [6.45, 7) is 0. The molecule has 0 atom stereocenters. The Morgan fingerprint density at radius 3 is 2.00 bits per heavy atom. The topological polar surface area (TPSA) is 26.3 Å². The van der Waals surface area contributed by atoms with Crippen molar-refractivity contribution in [2.45, 2.75) is 0 Å². The highest BCUT2D eigenvalue weighted by molar-refractivity contribution is 8.02. The molecule has 0 unspecified atom stereocenters. The molecule has 0 spiro atoms. The molecule has 0 radical (unpaired) electrons. The van der Waals surface area contributed by atoms with Crippen LogP contribution in [0.5, 0.6) is 5.75 Å². The van der Waals surface area contributed by atoms with E-state index in [9.17, 15) is 15.9 Å². The Bertz CT molecular complexity index is 321. The molecule has 0 aliphatic heterocycles. The molecule has 0 aliphatic rings. The molecule has 0 aromatic heterocycles. The van der Waals surface area contributed by atoms with Crippen molar-refractivity contribution < 1.29 is 20.0 Å². The Hall–Kier alpha value is -1.04. The van der Waals surface area contributed by atoms with Gasteiger partial charge in [-0.25, -0.2) is 0 Å². The van der Waals surface area contributed by atoms with Gasteiger partial charge in [-0.1, -0.05) is 18.2 Å². The van der Waals surface area contributed by atoms with Crippen LogP contribution in [-0.4, -0.2) is 4.21 Å². The summed E-state index contributed by atoms with van der Waals surface area (Å²) in [7, 11) is -7.37. The van der Waals surface area contributed by atoms with Crippen molar-refractivity contribution in [2.75, 3.05) is 0 Å². The van der Waals surface area contributed by atoms with Crippen LogP contribution in [0.25, 0.3) is 0 Å². The highest BCUT2D eigenvalue weighted by Gasteiger charge is 2.29. The fourth-order valence-corrected chi connectivity index (χ4v) is 1.03. The second-order valence-corrected chi connectivity index (χ2v) is 3.43. The maximum atomic E-state index is 11.8. The molecule has 1 aromatic carbocycles. The summed E-state index contributed by atoms with van der Waals surface area (Å²) in [5.74, 6) is -0.470. The summed E-state index contributed by atoms with van der Waals surface area (Å²) in [6, 6.07) is 6.39. The molecule has 68 valence electrons. The van der Waals surface area contributed by atoms with Gasteiger partial charge in [0.05, 0.1) is 0 Å². The molecule has 12 heavy (non-hydrogen) atoms. The zero-order valence-electron chi connectivity index (χ0n) is 5.75. The number of rotatable bonds is 2. The van der Waals surface area contributed by atoms with Gasteiger partial charge in [-0.05, 0) is 23.8 Å². The first kappa shape index (κ1) is 9.05. The van der Waals surface area contributed by atoms with E-state index in [1.54, 1.807) is 0 Å². The van der Waals surface area contributed by atoms with Crippen LogP contribution in [0.15, 0.2) is 30.3 Å². The smallest absolute Gasteiger partial charge is 0.254 e. The Balaban J connectivity index is 2.86. The van der Waals surface area contributed by atoms with Crippen molar-refractivity contribution >= 4 is 10.5 Å². The summed E-state index contributed by atoms with van der Waals surface area (Å²) in [5, 5.41) is 0. The van der Waals surface area contributed by atoms with E-state index in [-0.39, 0.29) is 0 Å². The Labute approximate surface area is 67.4 Å². The van der Waals surface area contributed by atoms with Crippen molar-refractivity contribution in [1.29, 1.82) is 0 Å². The van der Waals surface area contributed by atoms with E-state index in [4.69, 9.17) is 0 Å². The molecule has 6 heteroatoms. The molecular formula is C6H5F3O2S. The quantitative estimate of drug-likeness (QED) is 0.682. The first-order valence-corrected chi connectivity index (χ1v) is 4.50. The molecule has 0 fully saturated rings. The summed E-state index contributed by atoms with van der Waals surface area (Å²) >= 11 is 0. The van der Waals surface area contributed by atoms with Crippen LogP contribution in [0.2, 0.25) is 0 Å². The lowest BCUT2D eigenvalue weighted by Gasteiger charge is -2.19. The standard InChI is InChI=1S/C6H5F3O2S/c7-12(8,9,10)11-6-4-2-1-3-5-6/h1-5H. The lowest BCUT2D eigenvalue weighted by molar-refractivity contribution is 0.345. The average molecular weight is 198 g/mol. The number of para-hydroxylation sites is 1. The van der Waals surface area contributed by atoms with Gasteiger partial charge < -0.3 is 4.18 Å². The van der Waals surface area contributed by atoms with Crippen molar-refractivity contribution in [3.8, 4) is 5.75 Å². The first-order valence-electron chi connectivity index (χ1n) is 2.91. The van der Waals surface area contributed by atoms with Crippen LogP contribution in [0, 0.1) is 0 Å². The van der Waals surface area contributed by atoms with Gasteiger partial charge >= 0.3 is 0 Å². The molecular weight excluding hydrogens is 193 g/mol. The van der Waals surface area contributed by atoms with Crippen molar-refractivity contribution in [2.24, 2.45) is 0 Å². The Morgan fingerprint density at radius 1 is 1.08 bits per heavy atom. The summed E-state index contributed by atoms with van der Waals surface area (Å²) in [4.78, 5) is 0. The first-order chi connectivity index (χ1) is 5.33. The second kappa shape index (κ2) is 2.48. The second-order valence-electron chi connectivity index (χ2n) is 2.02. The van der Waals surface area contributed by atoms with E-state index in [2.05, 4.69) is 4.18 Å². The average Bonchev–Trinajstić information content (AvgIpc) is 1.83. The molecule has 0 saturated heterocycles. The third-order valence-electron chi connectivity index (χ3n) is 0.968. The van der Waals surface area contributed by atoms with E-state index in [1.165, 1.54) is 18.2 Å². The van der Waals surface area contributed by atoms with Gasteiger partial charge in [0.2, 0.25) is 0 Å². The van der Waals surface area contributed by atoms with Gasteiger partial charge in [-0.3, -0.25) is 0 Å². The minimum atomic E-state index is -7.37. The lowest BCUT2D eigenvalue weighted by Crippen LogP contribution is -2.19. The highest BCUT2D eigenvalue weighted by atomic mass is 32.4. The fourth-order valence-electron chi connectivity index (χ4n) is 0.624. The van der Waals surface area contributed by atoms with Gasteiger partial charge in [0.1, 0.15) is 0 Å². The molecule has 1 rings (SSSR count). The number of hydrogen-bond donors (Lipinski definition) is 0. The molecule has 0 aliphatic carbocycles. The van der Waals surface area contributed by atoms with Crippen molar-refractivity contribution in [3.63, 3.8) is 0 Å². The van der Waals surface area contributed by atoms with E-state index >= 15 is 0 Å². The Kier molecular flexibility index (Phi) is 1.87. The van der Waals surface area contributed by atoms with Gasteiger partial charge in [-0.15, -0.1) is 4.21 Å². The molecule has 0 saturated carbocycles. The van der Waals surface area contributed by atoms with Gasteiger partial charge in [0.25, 0.3) is 10.5 Å². The van der Waals surface area contributed by atoms with Crippen LogP contribution in [0.3, 0.4) is 0 Å². The van der Waals surface area contributed by atoms with E-state index in [0.29, 0.717) is 0 Å². The SMILES string of the molecule is O=S(F)(F)(F)Oc1ccccc1. The summed E-state index contributed by atoms with van der Waals surface area (Å²) < 4.78 is 48.4. The van der Waals surface area contributed by atoms with Gasteiger partial charge in [0.15, 0.2) is 5.75 Å². The van der Waals surface area contributed by atoms with Crippen LogP contribution in [0.1, 0.15) is 0 Å². The van der Waals surface area contributed by atoms with Crippen LogP contribution in [-0.2, 0) is 10.5 Å². The number of hydrogen-bond acceptors (Lipinski definition) is 2. The number of benzene rings is 1. The van der Waals surface area contributed by atoms with E-state index in [0.717, 1.165) is 12.1 Å². The lowest BCUT2D eigenvalue weighted by atomic mass is 10.3. The molecule has 0 bridgehead atoms. The van der Waals surface area contributed by atoms with Crippen LogP contribution >= 0.6 is 0 Å². The third-order valence-corrected chi connectivity index (χ3v) is 1.42. The van der Waals surface area contributed by atoms with Crippen molar-refractivity contribution in [3.05, 3.63) is 30.3 Å². The molecule has 1 aromatic rings. The van der Waals surface area contributed by atoms with E-state index in [1.807, 2.05) is 0 Å². The maximum absolute atomic E-state index is 11.8. The number of halogens is 3. The molecule has 2 nitrogen and oxygen atoms in total.